The Labute approximate surface area is 507 Å². The zero-order valence-corrected chi connectivity index (χ0v) is 55.8. The maximum atomic E-state index is 15.2. The van der Waals surface area contributed by atoms with Crippen molar-refractivity contribution in [3.63, 3.8) is 0 Å². The molecule has 1 rings (SSSR count). The molecule has 0 saturated carbocycles. The van der Waals surface area contributed by atoms with E-state index in [9.17, 15) is 48.3 Å². The van der Waals surface area contributed by atoms with Gasteiger partial charge in [-0.15, -0.1) is 0 Å². The lowest BCUT2D eigenvalue weighted by Crippen LogP contribution is -2.64. The largest absolute Gasteiger partial charge is 0.390 e. The van der Waals surface area contributed by atoms with Crippen LogP contribution in [0.3, 0.4) is 0 Å². The third-order valence-corrected chi connectivity index (χ3v) is 15.9. The molecule has 1 aliphatic rings. The number of carbonyl (C=O) groups excluding carboxylic acids is 11. The van der Waals surface area contributed by atoms with Gasteiger partial charge in [0.15, 0.2) is 0 Å². The molecule has 5 N–H and O–H groups in total. The van der Waals surface area contributed by atoms with Gasteiger partial charge in [-0.25, -0.2) is 4.79 Å². The first-order valence-corrected chi connectivity index (χ1v) is 30.2. The third kappa shape index (κ3) is 21.0. The Morgan fingerprint density at radius 2 is 0.906 bits per heavy atom. The molecule has 0 aromatic rings. The van der Waals surface area contributed by atoms with Gasteiger partial charge in [0.25, 0.3) is 5.91 Å². The van der Waals surface area contributed by atoms with Gasteiger partial charge < -0.3 is 60.1 Å². The van der Waals surface area contributed by atoms with Crippen molar-refractivity contribution in [2.45, 2.75) is 216 Å². The Bertz CT molecular complexity index is 2330. The molecule has 3 unspecified atom stereocenters. The molecule has 0 bridgehead atoms. The van der Waals surface area contributed by atoms with Gasteiger partial charge in [0, 0.05) is 56.4 Å². The minimum atomic E-state index is -1.66. The van der Waals surface area contributed by atoms with Gasteiger partial charge in [0.2, 0.25) is 59.4 Å². The number of methoxy groups -OCH3 is 1. The first-order chi connectivity index (χ1) is 39.3. The van der Waals surface area contributed by atoms with Gasteiger partial charge in [0.1, 0.15) is 54.4 Å². The minimum Gasteiger partial charge on any atom is -0.390 e. The fourth-order valence-corrected chi connectivity index (χ4v) is 10.5. The third-order valence-electron chi connectivity index (χ3n) is 15.9. The van der Waals surface area contributed by atoms with Crippen LogP contribution in [-0.4, -0.2) is 228 Å². The maximum absolute atomic E-state index is 15.2. The highest BCUT2D eigenvalue weighted by atomic mass is 16.5. The van der Waals surface area contributed by atoms with Crippen LogP contribution >= 0.6 is 0 Å². The van der Waals surface area contributed by atoms with Gasteiger partial charge in [-0.1, -0.05) is 109 Å². The molecule has 24 nitrogen and oxygen atoms in total. The van der Waals surface area contributed by atoms with Gasteiger partial charge >= 0.3 is 6.03 Å². The molecule has 12 atom stereocenters. The summed E-state index contributed by atoms with van der Waals surface area (Å²) in [5, 5.41) is 22.6. The summed E-state index contributed by atoms with van der Waals surface area (Å²) in [5.74, 6) is -10.1. The first kappa shape index (κ1) is 76.8. The molecule has 1 aliphatic heterocycles. The number of carbonyl (C=O) groups is 11. The van der Waals surface area contributed by atoms with E-state index >= 15 is 9.59 Å². The predicted octanol–water partition coefficient (Wildman–Crippen LogP) is 3.45. The highest BCUT2D eigenvalue weighted by Crippen LogP contribution is 2.26. The van der Waals surface area contributed by atoms with Crippen LogP contribution in [0, 0.1) is 41.4 Å². The number of imide groups is 1. The number of aliphatic hydroxyl groups is 1. The fraction of sp³-hybridized carbons (Fsp3) is 0.787. The molecule has 12 amide bonds. The van der Waals surface area contributed by atoms with Crippen LogP contribution in [0.15, 0.2) is 12.2 Å². The lowest BCUT2D eigenvalue weighted by Gasteiger charge is -2.41. The van der Waals surface area contributed by atoms with Crippen molar-refractivity contribution < 1.29 is 62.6 Å². The molecule has 1 heterocycles. The van der Waals surface area contributed by atoms with Crippen molar-refractivity contribution in [2.24, 2.45) is 41.4 Å². The average Bonchev–Trinajstić information content (AvgIpc) is 3.52. The van der Waals surface area contributed by atoms with Crippen LogP contribution in [0.25, 0.3) is 0 Å². The van der Waals surface area contributed by atoms with E-state index < -0.39 is 150 Å². The Morgan fingerprint density at radius 3 is 1.34 bits per heavy atom. The summed E-state index contributed by atoms with van der Waals surface area (Å²) >= 11 is 0. The number of rotatable bonds is 16. The number of likely N-dealkylation sites (N-methyl/N-ethyl adjacent to an activating group) is 7. The average molecular weight is 1200 g/mol. The molecule has 0 aliphatic carbocycles. The maximum Gasteiger partial charge on any atom is 0.324 e. The monoisotopic (exact) mass is 1200 g/mol. The van der Waals surface area contributed by atoms with Gasteiger partial charge in [-0.2, -0.15) is 0 Å². The molecule has 0 aromatic heterocycles. The second kappa shape index (κ2) is 34.8. The quantitative estimate of drug-likeness (QED) is 0.139. The van der Waals surface area contributed by atoms with E-state index in [0.29, 0.717) is 6.42 Å². The van der Waals surface area contributed by atoms with Crippen molar-refractivity contribution in [1.82, 2.24) is 55.6 Å². The van der Waals surface area contributed by atoms with Crippen LogP contribution < -0.4 is 21.3 Å². The predicted molar refractivity (Wildman–Crippen MR) is 325 cm³/mol. The van der Waals surface area contributed by atoms with Crippen LogP contribution in [-0.2, 0) is 52.7 Å². The lowest BCUT2D eigenvalue weighted by molar-refractivity contribution is -0.165. The van der Waals surface area contributed by atoms with Crippen LogP contribution in [0.1, 0.15) is 149 Å². The number of ether oxygens (including phenoxy) is 1. The molecule has 0 spiro atoms. The van der Waals surface area contributed by atoms with E-state index in [4.69, 9.17) is 4.74 Å². The molecule has 1 saturated heterocycles. The highest BCUT2D eigenvalue weighted by Gasteiger charge is 2.46. The Balaban J connectivity index is 4.41. The van der Waals surface area contributed by atoms with Crippen molar-refractivity contribution in [3.8, 4) is 0 Å². The fourth-order valence-electron chi connectivity index (χ4n) is 10.5. The Hall–Kier alpha value is -6.17. The van der Waals surface area contributed by atoms with Crippen molar-refractivity contribution >= 4 is 65.1 Å². The van der Waals surface area contributed by atoms with Gasteiger partial charge in [0.05, 0.1) is 6.10 Å². The summed E-state index contributed by atoms with van der Waals surface area (Å²) in [5.41, 5.74) is 0. The van der Waals surface area contributed by atoms with Crippen molar-refractivity contribution in [2.75, 3.05) is 56.4 Å². The molecule has 85 heavy (non-hydrogen) atoms. The van der Waals surface area contributed by atoms with Gasteiger partial charge in [-0.05, 0) is 93.8 Å². The number of nitrogens with zero attached hydrogens (tertiary/aromatic N) is 7. The summed E-state index contributed by atoms with van der Waals surface area (Å²) in [6.45, 7) is 28.0. The molecular formula is C61H109N11O13. The summed E-state index contributed by atoms with van der Waals surface area (Å²) in [6.07, 6.45) is 1.05. The number of amides is 12. The summed E-state index contributed by atoms with van der Waals surface area (Å²) in [6, 6.07) is -12.7. The van der Waals surface area contributed by atoms with E-state index in [2.05, 4.69) is 21.3 Å². The SMILES string of the molecule is C/C=C/C[C@@H](C)[C@@H](O)[C@H]1C(=O)N[C@H](CC)C(=O)N(C)[C@H](OC)C(=O)N(C)[C@@H](CC(C)C)C(=O)N[C@H](C(C)C)C(=O)N(C)C(CC(C)C)C(=O)N[C@H](C)C(=O)NC(=O)N(C)[C@H](CC(C)C)C(=O)N(C)C(CC(C)C)C(=O)N(C)C(C(C)C)C(=O)N1C. The first-order valence-electron chi connectivity index (χ1n) is 30.2. The van der Waals surface area contributed by atoms with E-state index in [-0.39, 0.29) is 55.8 Å². The molecular weight excluding hydrogens is 1090 g/mol. The standard InChI is InChI=1S/C61H109N11O13/c1-25-27-28-39(15)49(73)48-53(77)63-41(26-2)54(78)72(23)60(85-24)59(83)67(18)43(30-34(5)6)52(76)64-46(37(11)12)57(81)66(17)42(29-33(3)4)51(75)62-40(16)50(74)65-61(84)69(20)45(32-36(9)10)55(79)68(19)44(31-35(7)8)56(80)70(21)47(38(13)14)58(82)71(48)22/h25,27,33-49,60,73H,26,28-32H2,1-24H3,(H,62,75)(H,63,77)(H,64,76)(H,65,74,84)/b27-25+/t39-,40-,41-,42?,43+,44?,45-,46-,47?,48+,49-,60-/m1/s1. The van der Waals surface area contributed by atoms with Crippen LogP contribution in [0.2, 0.25) is 0 Å². The number of aliphatic hydroxyl groups excluding tert-OH is 1. The van der Waals surface area contributed by atoms with Crippen LogP contribution in [0.5, 0.6) is 0 Å². The van der Waals surface area contributed by atoms with Crippen molar-refractivity contribution in [1.29, 1.82) is 0 Å². The van der Waals surface area contributed by atoms with Crippen molar-refractivity contribution in [3.05, 3.63) is 12.2 Å². The second-order valence-electron chi connectivity index (χ2n) is 25.6. The summed E-state index contributed by atoms with van der Waals surface area (Å²) in [7, 11) is 10.8. The zero-order valence-electron chi connectivity index (χ0n) is 55.8. The number of hydrogen-bond donors (Lipinski definition) is 5. The minimum absolute atomic E-state index is 0.0356. The molecule has 0 aromatic carbocycles. The topological polar surface area (TPSA) is 288 Å². The van der Waals surface area contributed by atoms with E-state index in [1.54, 1.807) is 60.6 Å². The summed E-state index contributed by atoms with van der Waals surface area (Å²) < 4.78 is 5.66. The Kier molecular flexibility index (Phi) is 31.5. The number of urea groups is 1. The van der Waals surface area contributed by atoms with Crippen LogP contribution in [0.4, 0.5) is 4.79 Å². The summed E-state index contributed by atoms with van der Waals surface area (Å²) in [4.78, 5) is 169. The normalized spacial score (nSPS) is 26.8. The van der Waals surface area contributed by atoms with E-state index in [1.807, 2.05) is 55.4 Å². The molecule has 486 valence electrons. The molecule has 24 heteroatoms. The number of nitrogens with one attached hydrogen (secondary N) is 4. The molecule has 0 radical (unpaired) electrons. The number of allylic oxidation sites excluding steroid dienone is 2. The molecule has 1 fully saturated rings. The lowest BCUT2D eigenvalue weighted by atomic mass is 9.91. The van der Waals surface area contributed by atoms with E-state index in [1.165, 1.54) is 78.1 Å². The van der Waals surface area contributed by atoms with E-state index in [0.717, 1.165) is 19.6 Å². The number of hydrogen-bond acceptors (Lipinski definition) is 13. The smallest absolute Gasteiger partial charge is 0.324 e. The Morgan fingerprint density at radius 1 is 0.482 bits per heavy atom. The van der Waals surface area contributed by atoms with Gasteiger partial charge in [-0.3, -0.25) is 53.3 Å². The zero-order chi connectivity index (χ0) is 66.0. The second-order valence-corrected chi connectivity index (χ2v) is 25.6. The highest BCUT2D eigenvalue weighted by molar-refractivity contribution is 6.02.